The number of fused-ring (bicyclic) bond motifs is 1. The Morgan fingerprint density at radius 2 is 1.72 bits per heavy atom. The van der Waals surface area contributed by atoms with Gasteiger partial charge in [-0.1, -0.05) is 11.6 Å². The lowest BCUT2D eigenvalue weighted by Gasteiger charge is -2.19. The van der Waals surface area contributed by atoms with Crippen LogP contribution in [0.4, 0.5) is 24.5 Å². The van der Waals surface area contributed by atoms with Gasteiger partial charge >= 0.3 is 6.18 Å². The molecule has 0 radical (unpaired) electrons. The third-order valence-electron chi connectivity index (χ3n) is 3.34. The van der Waals surface area contributed by atoms with E-state index in [1.807, 2.05) is 0 Å². The zero-order chi connectivity index (χ0) is 18.0. The van der Waals surface area contributed by atoms with E-state index in [2.05, 4.69) is 10.6 Å². The van der Waals surface area contributed by atoms with Gasteiger partial charge in [-0.25, -0.2) is 0 Å². The molecule has 4 nitrogen and oxygen atoms in total. The maximum atomic E-state index is 12.8. The predicted molar refractivity (Wildman–Crippen MR) is 93.7 cm³/mol. The van der Waals surface area contributed by atoms with Gasteiger partial charge in [0.1, 0.15) is 13.2 Å². The maximum absolute atomic E-state index is 12.8. The summed E-state index contributed by atoms with van der Waals surface area (Å²) in [5.41, 5.74) is -0.155. The summed E-state index contributed by atoms with van der Waals surface area (Å²) in [6.45, 7) is 0.923. The van der Waals surface area contributed by atoms with Crippen molar-refractivity contribution >= 4 is 40.3 Å². The Kier molecular flexibility index (Phi) is 4.91. The van der Waals surface area contributed by atoms with Gasteiger partial charge in [0, 0.05) is 11.8 Å². The number of rotatable bonds is 2. The van der Waals surface area contributed by atoms with Crippen LogP contribution < -0.4 is 20.1 Å². The van der Waals surface area contributed by atoms with Crippen molar-refractivity contribution in [1.82, 2.24) is 0 Å². The minimum absolute atomic E-state index is 0.0616. The molecule has 2 N–H and O–H groups in total. The second kappa shape index (κ2) is 6.97. The highest BCUT2D eigenvalue weighted by atomic mass is 35.5. The Hall–Kier alpha value is -2.19. The maximum Gasteiger partial charge on any atom is 0.416 e. The standard InChI is InChI=1S/C16H12ClF3N2O2S/c17-11-3-1-9(16(18,19)20)7-12(11)22-15(25)21-10-2-4-13-14(8-10)24-6-5-23-13/h1-4,7-8H,5-6H2,(H2,21,22,25). The first-order valence-electron chi connectivity index (χ1n) is 7.17. The van der Waals surface area contributed by atoms with E-state index in [9.17, 15) is 13.2 Å². The first-order chi connectivity index (χ1) is 11.8. The van der Waals surface area contributed by atoms with Crippen molar-refractivity contribution in [1.29, 1.82) is 0 Å². The van der Waals surface area contributed by atoms with E-state index in [4.69, 9.17) is 33.3 Å². The highest BCUT2D eigenvalue weighted by Gasteiger charge is 2.31. The zero-order valence-electron chi connectivity index (χ0n) is 12.6. The Labute approximate surface area is 151 Å². The van der Waals surface area contributed by atoms with Crippen LogP contribution in [0.3, 0.4) is 0 Å². The number of hydrogen-bond acceptors (Lipinski definition) is 3. The fraction of sp³-hybridized carbons (Fsp3) is 0.188. The van der Waals surface area contributed by atoms with Crippen LogP contribution in [0.25, 0.3) is 0 Å². The molecule has 0 amide bonds. The number of thiocarbonyl (C=S) groups is 1. The molecule has 25 heavy (non-hydrogen) atoms. The van der Waals surface area contributed by atoms with Crippen LogP contribution in [0.2, 0.25) is 5.02 Å². The molecule has 2 aromatic rings. The molecule has 1 heterocycles. The van der Waals surface area contributed by atoms with Gasteiger partial charge in [-0.2, -0.15) is 13.2 Å². The molecule has 0 atom stereocenters. The van der Waals surface area contributed by atoms with Gasteiger partial charge in [0.15, 0.2) is 16.6 Å². The van der Waals surface area contributed by atoms with Gasteiger partial charge in [0.05, 0.1) is 16.3 Å². The molecule has 2 aromatic carbocycles. The summed E-state index contributed by atoms with van der Waals surface area (Å²) in [6.07, 6.45) is -4.47. The second-order valence-electron chi connectivity index (χ2n) is 5.13. The van der Waals surface area contributed by atoms with E-state index in [0.717, 1.165) is 12.1 Å². The van der Waals surface area contributed by atoms with Crippen molar-refractivity contribution < 1.29 is 22.6 Å². The van der Waals surface area contributed by atoms with Crippen LogP contribution in [-0.4, -0.2) is 18.3 Å². The molecule has 0 saturated heterocycles. The molecule has 1 aliphatic heterocycles. The van der Waals surface area contributed by atoms with Crippen LogP contribution in [0.1, 0.15) is 5.56 Å². The van der Waals surface area contributed by atoms with Crippen molar-refractivity contribution in [2.45, 2.75) is 6.18 Å². The Balaban J connectivity index is 1.73. The third-order valence-corrected chi connectivity index (χ3v) is 3.88. The molecule has 132 valence electrons. The fourth-order valence-electron chi connectivity index (χ4n) is 2.20. The average Bonchev–Trinajstić information content (AvgIpc) is 2.55. The van der Waals surface area contributed by atoms with Gasteiger partial charge in [0.25, 0.3) is 0 Å². The number of hydrogen-bond donors (Lipinski definition) is 2. The summed E-state index contributed by atoms with van der Waals surface area (Å²) in [4.78, 5) is 0. The van der Waals surface area contributed by atoms with E-state index >= 15 is 0 Å². The van der Waals surface area contributed by atoms with E-state index in [0.29, 0.717) is 30.4 Å². The number of nitrogens with one attached hydrogen (secondary N) is 2. The number of benzene rings is 2. The fourth-order valence-corrected chi connectivity index (χ4v) is 2.60. The van der Waals surface area contributed by atoms with Crippen LogP contribution >= 0.6 is 23.8 Å². The lowest BCUT2D eigenvalue weighted by Crippen LogP contribution is -2.20. The lowest BCUT2D eigenvalue weighted by molar-refractivity contribution is -0.137. The summed E-state index contributed by atoms with van der Waals surface area (Å²) >= 11 is 11.1. The van der Waals surface area contributed by atoms with E-state index in [1.54, 1.807) is 18.2 Å². The monoisotopic (exact) mass is 388 g/mol. The number of alkyl halides is 3. The first kappa shape index (κ1) is 17.6. The molecular weight excluding hydrogens is 377 g/mol. The minimum atomic E-state index is -4.47. The Morgan fingerprint density at radius 3 is 2.44 bits per heavy atom. The van der Waals surface area contributed by atoms with Crippen molar-refractivity contribution in [3.05, 3.63) is 47.0 Å². The van der Waals surface area contributed by atoms with Crippen molar-refractivity contribution in [3.8, 4) is 11.5 Å². The SMILES string of the molecule is FC(F)(F)c1ccc(Cl)c(NC(=S)Nc2ccc3c(c2)OCCO3)c1. The topological polar surface area (TPSA) is 42.5 Å². The van der Waals surface area contributed by atoms with Gasteiger partial charge in [0.2, 0.25) is 0 Å². The normalized spacial score (nSPS) is 13.3. The molecular formula is C16H12ClF3N2O2S. The minimum Gasteiger partial charge on any atom is -0.486 e. The quantitative estimate of drug-likeness (QED) is 0.713. The molecule has 0 aliphatic carbocycles. The lowest BCUT2D eigenvalue weighted by atomic mass is 10.2. The molecule has 9 heteroatoms. The highest BCUT2D eigenvalue weighted by Crippen LogP contribution is 2.34. The summed E-state index contributed by atoms with van der Waals surface area (Å²) in [5, 5.41) is 5.76. The molecule has 0 aromatic heterocycles. The van der Waals surface area contributed by atoms with E-state index in [-0.39, 0.29) is 15.8 Å². The number of ether oxygens (including phenoxy) is 2. The highest BCUT2D eigenvalue weighted by molar-refractivity contribution is 7.80. The van der Waals surface area contributed by atoms with Crippen LogP contribution in [0.15, 0.2) is 36.4 Å². The third kappa shape index (κ3) is 4.26. The Morgan fingerprint density at radius 1 is 1.00 bits per heavy atom. The van der Waals surface area contributed by atoms with Crippen LogP contribution in [-0.2, 0) is 6.18 Å². The van der Waals surface area contributed by atoms with Crippen LogP contribution in [0.5, 0.6) is 11.5 Å². The average molecular weight is 389 g/mol. The molecule has 0 spiro atoms. The number of halogens is 4. The Bertz CT molecular complexity index is 814. The molecule has 3 rings (SSSR count). The molecule has 0 bridgehead atoms. The molecule has 1 aliphatic rings. The summed E-state index contributed by atoms with van der Waals surface area (Å²) in [7, 11) is 0. The van der Waals surface area contributed by atoms with E-state index < -0.39 is 11.7 Å². The largest absolute Gasteiger partial charge is 0.486 e. The van der Waals surface area contributed by atoms with E-state index in [1.165, 1.54) is 6.07 Å². The molecule has 0 saturated carbocycles. The van der Waals surface area contributed by atoms with Gasteiger partial charge < -0.3 is 20.1 Å². The first-order valence-corrected chi connectivity index (χ1v) is 7.96. The van der Waals surface area contributed by atoms with Crippen molar-refractivity contribution in [2.24, 2.45) is 0 Å². The molecule has 0 unspecified atom stereocenters. The molecule has 0 fully saturated rings. The predicted octanol–water partition coefficient (Wildman–Crippen LogP) is 4.94. The van der Waals surface area contributed by atoms with Crippen molar-refractivity contribution in [3.63, 3.8) is 0 Å². The van der Waals surface area contributed by atoms with Gasteiger partial charge in [-0.05, 0) is 42.5 Å². The zero-order valence-corrected chi connectivity index (χ0v) is 14.2. The number of anilines is 2. The summed E-state index contributed by atoms with van der Waals surface area (Å²) < 4.78 is 49.3. The van der Waals surface area contributed by atoms with Gasteiger partial charge in [-0.3, -0.25) is 0 Å². The van der Waals surface area contributed by atoms with Gasteiger partial charge in [-0.15, -0.1) is 0 Å². The second-order valence-corrected chi connectivity index (χ2v) is 5.95. The smallest absolute Gasteiger partial charge is 0.416 e. The summed E-state index contributed by atoms with van der Waals surface area (Å²) in [6, 6.07) is 8.10. The van der Waals surface area contributed by atoms with Crippen molar-refractivity contribution in [2.75, 3.05) is 23.8 Å². The summed E-state index contributed by atoms with van der Waals surface area (Å²) in [5.74, 6) is 1.19. The van der Waals surface area contributed by atoms with Crippen LogP contribution in [0, 0.1) is 0 Å².